The fraction of sp³-hybridized carbons (Fsp3) is 0.333. The molecule has 1 unspecified atom stereocenters. The zero-order chi connectivity index (χ0) is 14.7. The van der Waals surface area contributed by atoms with E-state index in [0.717, 1.165) is 15.7 Å². The standard InChI is InChI=1S/C15H18BrN3O/c1-3-19-15(13(16)9-18-19)14(20)8-10(2)11-4-6-12(17)7-5-11/h4-7,9-10H,3,8,17H2,1-2H3. The molecule has 0 fully saturated rings. The van der Waals surface area contributed by atoms with Gasteiger partial charge in [-0.05, 0) is 46.5 Å². The number of halogens is 1. The van der Waals surface area contributed by atoms with Crippen LogP contribution in [0.1, 0.15) is 42.2 Å². The SMILES string of the molecule is CCn1ncc(Br)c1C(=O)CC(C)c1ccc(N)cc1. The maximum Gasteiger partial charge on any atom is 0.182 e. The summed E-state index contributed by atoms with van der Waals surface area (Å²) in [6.45, 7) is 4.70. The van der Waals surface area contributed by atoms with E-state index in [1.165, 1.54) is 0 Å². The van der Waals surface area contributed by atoms with Gasteiger partial charge in [0.05, 0.1) is 10.7 Å². The van der Waals surface area contributed by atoms with Crippen LogP contribution in [0.4, 0.5) is 5.69 Å². The first-order valence-electron chi connectivity index (χ1n) is 6.62. The predicted octanol–water partition coefficient (Wildman–Crippen LogP) is 3.62. The van der Waals surface area contributed by atoms with Crippen molar-refractivity contribution < 1.29 is 4.79 Å². The Labute approximate surface area is 127 Å². The van der Waals surface area contributed by atoms with Crippen molar-refractivity contribution >= 4 is 27.4 Å². The van der Waals surface area contributed by atoms with Crippen molar-refractivity contribution in [2.75, 3.05) is 5.73 Å². The zero-order valence-corrected chi connectivity index (χ0v) is 13.2. The van der Waals surface area contributed by atoms with Gasteiger partial charge in [-0.1, -0.05) is 19.1 Å². The molecule has 0 aliphatic heterocycles. The molecule has 1 atom stereocenters. The van der Waals surface area contributed by atoms with Crippen LogP contribution < -0.4 is 5.73 Å². The lowest BCUT2D eigenvalue weighted by atomic mass is 9.94. The minimum atomic E-state index is 0.0977. The number of anilines is 1. The molecule has 0 bridgehead atoms. The largest absolute Gasteiger partial charge is 0.399 e. The van der Waals surface area contributed by atoms with Crippen LogP contribution in [0.25, 0.3) is 0 Å². The Balaban J connectivity index is 2.15. The molecule has 0 radical (unpaired) electrons. The van der Waals surface area contributed by atoms with Crippen molar-refractivity contribution in [2.24, 2.45) is 0 Å². The number of aryl methyl sites for hydroxylation is 1. The maximum absolute atomic E-state index is 12.4. The van der Waals surface area contributed by atoms with Crippen molar-refractivity contribution in [2.45, 2.75) is 32.7 Å². The fourth-order valence-electron chi connectivity index (χ4n) is 2.20. The molecule has 4 nitrogen and oxygen atoms in total. The molecule has 2 aromatic rings. The highest BCUT2D eigenvalue weighted by atomic mass is 79.9. The highest BCUT2D eigenvalue weighted by molar-refractivity contribution is 9.10. The van der Waals surface area contributed by atoms with Gasteiger partial charge in [-0.15, -0.1) is 0 Å². The summed E-state index contributed by atoms with van der Waals surface area (Å²) in [5.74, 6) is 0.246. The second kappa shape index (κ2) is 6.22. The normalized spacial score (nSPS) is 12.3. The average molecular weight is 336 g/mol. The highest BCUT2D eigenvalue weighted by Gasteiger charge is 2.19. The smallest absolute Gasteiger partial charge is 0.182 e. The van der Waals surface area contributed by atoms with E-state index in [2.05, 4.69) is 21.0 Å². The first kappa shape index (κ1) is 14.8. The number of rotatable bonds is 5. The number of Topliss-reactive ketones (excluding diaryl/α,β-unsaturated/α-hetero) is 1. The Hall–Kier alpha value is -1.62. The molecule has 1 heterocycles. The van der Waals surface area contributed by atoms with Crippen LogP contribution in [0.15, 0.2) is 34.9 Å². The summed E-state index contributed by atoms with van der Waals surface area (Å²) >= 11 is 3.39. The van der Waals surface area contributed by atoms with Gasteiger partial charge >= 0.3 is 0 Å². The molecule has 2 N–H and O–H groups in total. The van der Waals surface area contributed by atoms with E-state index in [0.29, 0.717) is 18.7 Å². The Morgan fingerprint density at radius 3 is 2.65 bits per heavy atom. The van der Waals surface area contributed by atoms with Crippen LogP contribution in [0.3, 0.4) is 0 Å². The summed E-state index contributed by atoms with van der Waals surface area (Å²) in [5, 5.41) is 4.18. The summed E-state index contributed by atoms with van der Waals surface area (Å²) in [7, 11) is 0. The van der Waals surface area contributed by atoms with E-state index >= 15 is 0 Å². The van der Waals surface area contributed by atoms with Gasteiger partial charge in [0.25, 0.3) is 0 Å². The average Bonchev–Trinajstić information content (AvgIpc) is 2.80. The van der Waals surface area contributed by atoms with Gasteiger partial charge in [0.2, 0.25) is 0 Å². The lowest BCUT2D eigenvalue weighted by Gasteiger charge is -2.12. The van der Waals surface area contributed by atoms with Gasteiger partial charge in [-0.2, -0.15) is 5.10 Å². The number of hydrogen-bond donors (Lipinski definition) is 1. The van der Waals surface area contributed by atoms with Crippen molar-refractivity contribution in [3.8, 4) is 0 Å². The number of ketones is 1. The first-order chi connectivity index (χ1) is 9.52. The molecule has 0 amide bonds. The minimum Gasteiger partial charge on any atom is -0.399 e. The highest BCUT2D eigenvalue weighted by Crippen LogP contribution is 2.25. The monoisotopic (exact) mass is 335 g/mol. The van der Waals surface area contributed by atoms with Gasteiger partial charge in [0.1, 0.15) is 5.69 Å². The van der Waals surface area contributed by atoms with E-state index < -0.39 is 0 Å². The van der Waals surface area contributed by atoms with E-state index in [4.69, 9.17) is 5.73 Å². The number of carbonyl (C=O) groups is 1. The third-order valence-electron chi connectivity index (χ3n) is 3.36. The second-order valence-electron chi connectivity index (χ2n) is 4.85. The molecule has 1 aromatic carbocycles. The van der Waals surface area contributed by atoms with Crippen molar-refractivity contribution in [1.82, 2.24) is 9.78 Å². The van der Waals surface area contributed by atoms with Crippen molar-refractivity contribution in [3.63, 3.8) is 0 Å². The van der Waals surface area contributed by atoms with Gasteiger partial charge in [0, 0.05) is 18.7 Å². The number of nitrogen functional groups attached to an aromatic ring is 1. The van der Waals surface area contributed by atoms with Crippen LogP contribution in [0.2, 0.25) is 0 Å². The quantitative estimate of drug-likeness (QED) is 0.670. The molecule has 0 aliphatic carbocycles. The Morgan fingerprint density at radius 1 is 1.40 bits per heavy atom. The Morgan fingerprint density at radius 2 is 2.05 bits per heavy atom. The van der Waals surface area contributed by atoms with Gasteiger partial charge in [-0.3, -0.25) is 9.48 Å². The molecule has 0 saturated carbocycles. The lowest BCUT2D eigenvalue weighted by Crippen LogP contribution is -2.12. The third kappa shape index (κ3) is 3.10. The molecule has 5 heteroatoms. The number of hydrogen-bond acceptors (Lipinski definition) is 3. The minimum absolute atomic E-state index is 0.0977. The van der Waals surface area contributed by atoms with Gasteiger partial charge < -0.3 is 5.73 Å². The summed E-state index contributed by atoms with van der Waals surface area (Å²) < 4.78 is 2.48. The van der Waals surface area contributed by atoms with Crippen molar-refractivity contribution in [3.05, 3.63) is 46.2 Å². The summed E-state index contributed by atoms with van der Waals surface area (Å²) in [5.41, 5.74) is 8.18. The van der Waals surface area contributed by atoms with E-state index in [-0.39, 0.29) is 11.7 Å². The van der Waals surface area contributed by atoms with Crippen LogP contribution in [-0.4, -0.2) is 15.6 Å². The lowest BCUT2D eigenvalue weighted by molar-refractivity contribution is 0.0964. The van der Waals surface area contributed by atoms with Gasteiger partial charge in [0.15, 0.2) is 5.78 Å². The molecule has 0 aliphatic rings. The number of nitrogens with zero attached hydrogens (tertiary/aromatic N) is 2. The summed E-state index contributed by atoms with van der Waals surface area (Å²) in [4.78, 5) is 12.4. The number of nitrogens with two attached hydrogens (primary N) is 1. The van der Waals surface area contributed by atoms with Crippen LogP contribution >= 0.6 is 15.9 Å². The Bertz CT molecular complexity index is 604. The van der Waals surface area contributed by atoms with Crippen LogP contribution in [0, 0.1) is 0 Å². The molecular weight excluding hydrogens is 318 g/mol. The summed E-state index contributed by atoms with van der Waals surface area (Å²) in [6.07, 6.45) is 2.12. The zero-order valence-electron chi connectivity index (χ0n) is 11.6. The topological polar surface area (TPSA) is 60.9 Å². The predicted molar refractivity (Wildman–Crippen MR) is 83.8 cm³/mol. The molecule has 0 spiro atoms. The van der Waals surface area contributed by atoms with Gasteiger partial charge in [-0.25, -0.2) is 0 Å². The molecular formula is C15H18BrN3O. The van der Waals surface area contributed by atoms with Crippen LogP contribution in [0.5, 0.6) is 0 Å². The molecule has 1 aromatic heterocycles. The summed E-state index contributed by atoms with van der Waals surface area (Å²) in [6, 6.07) is 7.67. The molecule has 2 rings (SSSR count). The van der Waals surface area contributed by atoms with E-state index in [9.17, 15) is 4.79 Å². The fourth-order valence-corrected chi connectivity index (χ4v) is 2.71. The number of carbonyl (C=O) groups excluding carboxylic acids is 1. The van der Waals surface area contributed by atoms with E-state index in [1.807, 2.05) is 38.1 Å². The van der Waals surface area contributed by atoms with Crippen molar-refractivity contribution in [1.29, 1.82) is 0 Å². The first-order valence-corrected chi connectivity index (χ1v) is 7.42. The molecule has 20 heavy (non-hydrogen) atoms. The maximum atomic E-state index is 12.4. The second-order valence-corrected chi connectivity index (χ2v) is 5.71. The molecule has 106 valence electrons. The number of aromatic nitrogens is 2. The Kier molecular flexibility index (Phi) is 4.60. The van der Waals surface area contributed by atoms with E-state index in [1.54, 1.807) is 10.9 Å². The number of benzene rings is 1. The molecule has 0 saturated heterocycles. The van der Waals surface area contributed by atoms with Crippen LogP contribution in [-0.2, 0) is 6.54 Å². The third-order valence-corrected chi connectivity index (χ3v) is 3.94.